The van der Waals surface area contributed by atoms with Crippen molar-refractivity contribution in [2.45, 2.75) is 26.3 Å². The SMILES string of the molecule is Cc1cc(-c2cc[nH]c2)nc(C(C)(C)N)n1. The van der Waals surface area contributed by atoms with E-state index in [-0.39, 0.29) is 0 Å². The van der Waals surface area contributed by atoms with Gasteiger partial charge in [0.2, 0.25) is 0 Å². The van der Waals surface area contributed by atoms with Crippen molar-refractivity contribution in [2.24, 2.45) is 5.73 Å². The average Bonchev–Trinajstić information content (AvgIpc) is 2.68. The Morgan fingerprint density at radius 1 is 1.31 bits per heavy atom. The molecule has 0 unspecified atom stereocenters. The Hall–Kier alpha value is -1.68. The second kappa shape index (κ2) is 3.72. The van der Waals surface area contributed by atoms with Crippen LogP contribution >= 0.6 is 0 Å². The minimum absolute atomic E-state index is 0.517. The van der Waals surface area contributed by atoms with Crippen LogP contribution in [0, 0.1) is 6.92 Å². The molecule has 0 spiro atoms. The first-order valence-corrected chi connectivity index (χ1v) is 5.25. The summed E-state index contributed by atoms with van der Waals surface area (Å²) in [6, 6.07) is 3.94. The summed E-state index contributed by atoms with van der Waals surface area (Å²) in [6.07, 6.45) is 3.79. The van der Waals surface area contributed by atoms with Gasteiger partial charge in [0.25, 0.3) is 0 Å². The highest BCUT2D eigenvalue weighted by atomic mass is 15.0. The van der Waals surface area contributed by atoms with E-state index < -0.39 is 5.54 Å². The fraction of sp³-hybridized carbons (Fsp3) is 0.333. The molecule has 0 amide bonds. The number of H-pyrrole nitrogens is 1. The fourth-order valence-corrected chi connectivity index (χ4v) is 1.49. The smallest absolute Gasteiger partial charge is 0.148 e. The van der Waals surface area contributed by atoms with Gasteiger partial charge in [-0.3, -0.25) is 0 Å². The standard InChI is InChI=1S/C12H16N4/c1-8-6-10(9-4-5-14-7-9)16-11(15-8)12(2,3)13/h4-7,14H,13H2,1-3H3. The molecule has 0 atom stereocenters. The van der Waals surface area contributed by atoms with E-state index in [1.54, 1.807) is 0 Å². The minimum atomic E-state index is -0.517. The maximum Gasteiger partial charge on any atom is 0.148 e. The first-order valence-electron chi connectivity index (χ1n) is 5.25. The zero-order valence-corrected chi connectivity index (χ0v) is 9.78. The van der Waals surface area contributed by atoms with E-state index in [2.05, 4.69) is 15.0 Å². The molecular formula is C12H16N4. The van der Waals surface area contributed by atoms with Crippen molar-refractivity contribution in [3.05, 3.63) is 36.0 Å². The monoisotopic (exact) mass is 216 g/mol. The van der Waals surface area contributed by atoms with Crippen LogP contribution in [-0.4, -0.2) is 15.0 Å². The predicted molar refractivity (Wildman–Crippen MR) is 63.8 cm³/mol. The molecule has 4 heteroatoms. The van der Waals surface area contributed by atoms with Crippen molar-refractivity contribution in [3.8, 4) is 11.3 Å². The highest BCUT2D eigenvalue weighted by Gasteiger charge is 2.19. The Morgan fingerprint density at radius 2 is 2.06 bits per heavy atom. The average molecular weight is 216 g/mol. The highest BCUT2D eigenvalue weighted by Crippen LogP contribution is 2.20. The zero-order chi connectivity index (χ0) is 11.8. The van der Waals surface area contributed by atoms with Gasteiger partial charge in [0, 0.05) is 23.7 Å². The fourth-order valence-electron chi connectivity index (χ4n) is 1.49. The van der Waals surface area contributed by atoms with Gasteiger partial charge in [0.15, 0.2) is 0 Å². The van der Waals surface area contributed by atoms with Crippen LogP contribution < -0.4 is 5.73 Å². The van der Waals surface area contributed by atoms with E-state index >= 15 is 0 Å². The molecule has 0 aliphatic carbocycles. The lowest BCUT2D eigenvalue weighted by atomic mass is 10.1. The summed E-state index contributed by atoms with van der Waals surface area (Å²) in [5.74, 6) is 0.670. The Bertz CT molecular complexity index is 480. The molecule has 84 valence electrons. The number of aryl methyl sites for hydroxylation is 1. The maximum absolute atomic E-state index is 6.02. The number of nitrogens with one attached hydrogen (secondary N) is 1. The molecule has 16 heavy (non-hydrogen) atoms. The first kappa shape index (κ1) is 10.8. The van der Waals surface area contributed by atoms with Gasteiger partial charge < -0.3 is 10.7 Å². The van der Waals surface area contributed by atoms with E-state index in [0.717, 1.165) is 17.0 Å². The number of hydrogen-bond acceptors (Lipinski definition) is 3. The van der Waals surface area contributed by atoms with Gasteiger partial charge in [-0.2, -0.15) is 0 Å². The topological polar surface area (TPSA) is 67.6 Å². The summed E-state index contributed by atoms with van der Waals surface area (Å²) in [4.78, 5) is 11.9. The molecule has 0 fully saturated rings. The lowest BCUT2D eigenvalue weighted by molar-refractivity contribution is 0.512. The summed E-state index contributed by atoms with van der Waals surface area (Å²) in [6.45, 7) is 5.76. The lowest BCUT2D eigenvalue weighted by Crippen LogP contribution is -2.31. The Morgan fingerprint density at radius 3 is 2.62 bits per heavy atom. The number of rotatable bonds is 2. The number of hydrogen-bond donors (Lipinski definition) is 2. The molecule has 0 radical (unpaired) electrons. The molecule has 2 rings (SSSR count). The molecule has 2 aromatic rings. The molecule has 2 heterocycles. The molecule has 0 aliphatic rings. The van der Waals surface area contributed by atoms with Crippen LogP contribution in [0.5, 0.6) is 0 Å². The molecule has 0 saturated carbocycles. The van der Waals surface area contributed by atoms with Crippen molar-refractivity contribution in [1.29, 1.82) is 0 Å². The van der Waals surface area contributed by atoms with Gasteiger partial charge in [-0.25, -0.2) is 9.97 Å². The van der Waals surface area contributed by atoms with Crippen molar-refractivity contribution >= 4 is 0 Å². The third-order valence-electron chi connectivity index (χ3n) is 2.32. The molecule has 0 aliphatic heterocycles. The second-order valence-electron chi connectivity index (χ2n) is 4.54. The Labute approximate surface area is 94.9 Å². The van der Waals surface area contributed by atoms with E-state index in [0.29, 0.717) is 5.82 Å². The summed E-state index contributed by atoms with van der Waals surface area (Å²) in [5.41, 5.74) is 8.39. The van der Waals surface area contributed by atoms with Crippen LogP contribution in [0.3, 0.4) is 0 Å². The van der Waals surface area contributed by atoms with E-state index in [9.17, 15) is 0 Å². The van der Waals surface area contributed by atoms with Crippen molar-refractivity contribution < 1.29 is 0 Å². The normalized spacial score (nSPS) is 11.8. The summed E-state index contributed by atoms with van der Waals surface area (Å²) >= 11 is 0. The molecule has 0 bridgehead atoms. The highest BCUT2D eigenvalue weighted by molar-refractivity contribution is 5.58. The number of aromatic nitrogens is 3. The quantitative estimate of drug-likeness (QED) is 0.806. The van der Waals surface area contributed by atoms with Gasteiger partial charge >= 0.3 is 0 Å². The van der Waals surface area contributed by atoms with Crippen LogP contribution in [0.4, 0.5) is 0 Å². The van der Waals surface area contributed by atoms with Crippen LogP contribution in [0.25, 0.3) is 11.3 Å². The van der Waals surface area contributed by atoms with Gasteiger partial charge in [0.1, 0.15) is 5.82 Å². The Balaban J connectivity index is 2.53. The summed E-state index contributed by atoms with van der Waals surface area (Å²) in [5, 5.41) is 0. The molecule has 3 N–H and O–H groups in total. The lowest BCUT2D eigenvalue weighted by Gasteiger charge is -2.17. The number of nitrogens with zero attached hydrogens (tertiary/aromatic N) is 2. The van der Waals surface area contributed by atoms with Gasteiger partial charge in [0.05, 0.1) is 11.2 Å². The van der Waals surface area contributed by atoms with Gasteiger partial charge in [-0.15, -0.1) is 0 Å². The van der Waals surface area contributed by atoms with Crippen molar-refractivity contribution in [2.75, 3.05) is 0 Å². The zero-order valence-electron chi connectivity index (χ0n) is 9.78. The molecular weight excluding hydrogens is 200 g/mol. The Kier molecular flexibility index (Phi) is 2.52. The van der Waals surface area contributed by atoms with Crippen LogP contribution in [0.2, 0.25) is 0 Å². The van der Waals surface area contributed by atoms with Gasteiger partial charge in [-0.1, -0.05) is 0 Å². The van der Waals surface area contributed by atoms with Crippen LogP contribution in [0.15, 0.2) is 24.5 Å². The van der Waals surface area contributed by atoms with Gasteiger partial charge in [-0.05, 0) is 32.9 Å². The minimum Gasteiger partial charge on any atom is -0.367 e. The predicted octanol–water partition coefficient (Wildman–Crippen LogP) is 1.97. The second-order valence-corrected chi connectivity index (χ2v) is 4.54. The van der Waals surface area contributed by atoms with Crippen molar-refractivity contribution in [1.82, 2.24) is 15.0 Å². The first-order chi connectivity index (χ1) is 7.47. The van der Waals surface area contributed by atoms with Crippen LogP contribution in [-0.2, 0) is 5.54 Å². The van der Waals surface area contributed by atoms with E-state index in [1.165, 1.54) is 0 Å². The molecule has 0 aromatic carbocycles. The molecule has 4 nitrogen and oxygen atoms in total. The van der Waals surface area contributed by atoms with Crippen molar-refractivity contribution in [3.63, 3.8) is 0 Å². The van der Waals surface area contributed by atoms with E-state index in [1.807, 2.05) is 45.3 Å². The largest absolute Gasteiger partial charge is 0.367 e. The summed E-state index contributed by atoms with van der Waals surface area (Å²) in [7, 11) is 0. The number of nitrogens with two attached hydrogens (primary N) is 1. The third-order valence-corrected chi connectivity index (χ3v) is 2.32. The van der Waals surface area contributed by atoms with E-state index in [4.69, 9.17) is 5.73 Å². The molecule has 0 saturated heterocycles. The summed E-state index contributed by atoms with van der Waals surface area (Å²) < 4.78 is 0. The maximum atomic E-state index is 6.02. The number of aromatic amines is 1. The third kappa shape index (κ3) is 2.12. The van der Waals surface area contributed by atoms with Crippen LogP contribution in [0.1, 0.15) is 25.4 Å². The molecule has 2 aromatic heterocycles.